The minimum Gasteiger partial charge on any atom is -0.494 e. The average molecular weight is 280 g/mol. The standard InChI is InChI=1S/C15H15ClFNO/c1-10-3-4-11(13(16)7-10)9-18-14-6-5-12(17)8-15(14)19-2/h3-8,18H,9H2,1-2H3. The number of hydrogen-bond acceptors (Lipinski definition) is 2. The largest absolute Gasteiger partial charge is 0.494 e. The van der Waals surface area contributed by atoms with E-state index < -0.39 is 0 Å². The van der Waals surface area contributed by atoms with Gasteiger partial charge in [0.1, 0.15) is 11.6 Å². The third-order valence-corrected chi connectivity index (χ3v) is 3.19. The third-order valence-electron chi connectivity index (χ3n) is 2.84. The van der Waals surface area contributed by atoms with Gasteiger partial charge >= 0.3 is 0 Å². The van der Waals surface area contributed by atoms with Crippen molar-refractivity contribution in [1.29, 1.82) is 0 Å². The third kappa shape index (κ3) is 3.38. The molecule has 0 heterocycles. The van der Waals surface area contributed by atoms with Crippen LogP contribution in [0.1, 0.15) is 11.1 Å². The Balaban J connectivity index is 2.14. The molecule has 0 aliphatic carbocycles. The van der Waals surface area contributed by atoms with E-state index in [4.69, 9.17) is 16.3 Å². The van der Waals surface area contributed by atoms with Crippen LogP contribution in [0.25, 0.3) is 0 Å². The predicted octanol–water partition coefficient (Wildman–Crippen LogP) is 4.41. The Morgan fingerprint density at radius 3 is 2.68 bits per heavy atom. The fourth-order valence-corrected chi connectivity index (χ4v) is 2.10. The van der Waals surface area contributed by atoms with E-state index in [2.05, 4.69) is 5.32 Å². The molecule has 0 aliphatic rings. The zero-order valence-electron chi connectivity index (χ0n) is 10.8. The SMILES string of the molecule is COc1cc(F)ccc1NCc1ccc(C)cc1Cl. The van der Waals surface area contributed by atoms with Gasteiger partial charge in [0.25, 0.3) is 0 Å². The minimum absolute atomic E-state index is 0.323. The van der Waals surface area contributed by atoms with Crippen molar-refractivity contribution in [1.82, 2.24) is 0 Å². The lowest BCUT2D eigenvalue weighted by atomic mass is 10.1. The lowest BCUT2D eigenvalue weighted by Gasteiger charge is -2.12. The maximum absolute atomic E-state index is 13.1. The maximum atomic E-state index is 13.1. The van der Waals surface area contributed by atoms with Crippen molar-refractivity contribution in [2.24, 2.45) is 0 Å². The van der Waals surface area contributed by atoms with Gasteiger partial charge in [-0.2, -0.15) is 0 Å². The van der Waals surface area contributed by atoms with Crippen molar-refractivity contribution in [2.45, 2.75) is 13.5 Å². The topological polar surface area (TPSA) is 21.3 Å². The van der Waals surface area contributed by atoms with Gasteiger partial charge in [-0.1, -0.05) is 23.7 Å². The number of anilines is 1. The summed E-state index contributed by atoms with van der Waals surface area (Å²) in [6.45, 7) is 2.55. The smallest absolute Gasteiger partial charge is 0.144 e. The summed E-state index contributed by atoms with van der Waals surface area (Å²) in [5, 5.41) is 3.91. The number of aryl methyl sites for hydroxylation is 1. The summed E-state index contributed by atoms with van der Waals surface area (Å²) in [6.07, 6.45) is 0. The van der Waals surface area contributed by atoms with Crippen LogP contribution in [0.3, 0.4) is 0 Å². The normalized spacial score (nSPS) is 10.3. The lowest BCUT2D eigenvalue weighted by molar-refractivity contribution is 0.413. The summed E-state index contributed by atoms with van der Waals surface area (Å²) in [6, 6.07) is 10.3. The van der Waals surface area contributed by atoms with E-state index in [1.807, 2.05) is 25.1 Å². The number of halogens is 2. The maximum Gasteiger partial charge on any atom is 0.144 e. The number of benzene rings is 2. The number of ether oxygens (including phenoxy) is 1. The first-order valence-corrected chi connectivity index (χ1v) is 6.30. The predicted molar refractivity (Wildman–Crippen MR) is 76.5 cm³/mol. The van der Waals surface area contributed by atoms with Crippen molar-refractivity contribution in [3.63, 3.8) is 0 Å². The van der Waals surface area contributed by atoms with Crippen LogP contribution in [0.4, 0.5) is 10.1 Å². The van der Waals surface area contributed by atoms with Crippen molar-refractivity contribution in [2.75, 3.05) is 12.4 Å². The molecule has 0 bridgehead atoms. The number of methoxy groups -OCH3 is 1. The molecule has 0 spiro atoms. The first-order valence-electron chi connectivity index (χ1n) is 5.92. The second-order valence-electron chi connectivity index (χ2n) is 4.29. The summed E-state index contributed by atoms with van der Waals surface area (Å²) < 4.78 is 18.2. The van der Waals surface area contributed by atoms with Crippen LogP contribution in [-0.4, -0.2) is 7.11 Å². The number of nitrogens with one attached hydrogen (secondary N) is 1. The molecule has 0 saturated carbocycles. The van der Waals surface area contributed by atoms with E-state index in [1.54, 1.807) is 6.07 Å². The average Bonchev–Trinajstić information content (AvgIpc) is 2.39. The monoisotopic (exact) mass is 279 g/mol. The molecule has 1 N–H and O–H groups in total. The van der Waals surface area contributed by atoms with Gasteiger partial charge in [-0.05, 0) is 36.2 Å². The second-order valence-corrected chi connectivity index (χ2v) is 4.70. The summed E-state index contributed by atoms with van der Waals surface area (Å²) >= 11 is 6.16. The van der Waals surface area contributed by atoms with Gasteiger partial charge in [0.2, 0.25) is 0 Å². The summed E-state index contributed by atoms with van der Waals surface area (Å²) in [5.74, 6) is 0.152. The zero-order valence-corrected chi connectivity index (χ0v) is 11.6. The molecule has 0 aliphatic heterocycles. The van der Waals surface area contributed by atoms with Crippen LogP contribution in [-0.2, 0) is 6.54 Å². The van der Waals surface area contributed by atoms with E-state index in [9.17, 15) is 4.39 Å². The van der Waals surface area contributed by atoms with Crippen LogP contribution in [0.15, 0.2) is 36.4 Å². The lowest BCUT2D eigenvalue weighted by Crippen LogP contribution is -2.02. The molecule has 0 saturated heterocycles. The van der Waals surface area contributed by atoms with E-state index in [1.165, 1.54) is 19.2 Å². The molecule has 0 radical (unpaired) electrons. The molecule has 0 amide bonds. The molecule has 4 heteroatoms. The Hall–Kier alpha value is -1.74. The molecule has 2 aromatic carbocycles. The van der Waals surface area contributed by atoms with Gasteiger partial charge in [-0.25, -0.2) is 4.39 Å². The first-order chi connectivity index (χ1) is 9.10. The Bertz CT molecular complexity index is 586. The summed E-state index contributed by atoms with van der Waals surface area (Å²) in [4.78, 5) is 0. The zero-order chi connectivity index (χ0) is 13.8. The number of rotatable bonds is 4. The van der Waals surface area contributed by atoms with Crippen molar-refractivity contribution in [3.8, 4) is 5.75 Å². The van der Waals surface area contributed by atoms with Crippen LogP contribution >= 0.6 is 11.6 Å². The van der Waals surface area contributed by atoms with E-state index in [0.717, 1.165) is 16.8 Å². The minimum atomic E-state index is -0.323. The quantitative estimate of drug-likeness (QED) is 0.895. The molecule has 0 unspecified atom stereocenters. The van der Waals surface area contributed by atoms with Crippen LogP contribution in [0.5, 0.6) is 5.75 Å². The van der Waals surface area contributed by atoms with Gasteiger partial charge in [0.05, 0.1) is 12.8 Å². The van der Waals surface area contributed by atoms with Gasteiger partial charge in [0.15, 0.2) is 0 Å². The number of hydrogen-bond donors (Lipinski definition) is 1. The summed E-state index contributed by atoms with van der Waals surface area (Å²) in [7, 11) is 1.51. The van der Waals surface area contributed by atoms with Crippen molar-refractivity contribution >= 4 is 17.3 Å². The highest BCUT2D eigenvalue weighted by Crippen LogP contribution is 2.26. The van der Waals surface area contributed by atoms with Gasteiger partial charge < -0.3 is 10.1 Å². The van der Waals surface area contributed by atoms with Crippen LogP contribution in [0, 0.1) is 12.7 Å². The first kappa shape index (κ1) is 13.7. The van der Waals surface area contributed by atoms with Gasteiger partial charge in [-0.3, -0.25) is 0 Å². The Kier molecular flexibility index (Phi) is 4.27. The Morgan fingerprint density at radius 1 is 1.21 bits per heavy atom. The van der Waals surface area contributed by atoms with Crippen LogP contribution in [0.2, 0.25) is 5.02 Å². The van der Waals surface area contributed by atoms with Crippen LogP contribution < -0.4 is 10.1 Å². The molecule has 0 atom stereocenters. The fourth-order valence-electron chi connectivity index (χ4n) is 1.80. The molecule has 0 fully saturated rings. The highest BCUT2D eigenvalue weighted by molar-refractivity contribution is 6.31. The second kappa shape index (κ2) is 5.93. The van der Waals surface area contributed by atoms with E-state index in [0.29, 0.717) is 17.3 Å². The molecule has 2 aromatic rings. The molecule has 100 valence electrons. The molecular weight excluding hydrogens is 265 g/mol. The highest BCUT2D eigenvalue weighted by Gasteiger charge is 2.05. The van der Waals surface area contributed by atoms with E-state index >= 15 is 0 Å². The molecular formula is C15H15ClFNO. The highest BCUT2D eigenvalue weighted by atomic mass is 35.5. The van der Waals surface area contributed by atoms with Gasteiger partial charge in [-0.15, -0.1) is 0 Å². The van der Waals surface area contributed by atoms with Crippen molar-refractivity contribution < 1.29 is 9.13 Å². The van der Waals surface area contributed by atoms with Crippen molar-refractivity contribution in [3.05, 3.63) is 58.4 Å². The molecule has 19 heavy (non-hydrogen) atoms. The molecule has 2 nitrogen and oxygen atoms in total. The fraction of sp³-hybridized carbons (Fsp3) is 0.200. The Morgan fingerprint density at radius 2 is 2.00 bits per heavy atom. The molecule has 2 rings (SSSR count). The molecule has 0 aromatic heterocycles. The Labute approximate surface area is 117 Å². The van der Waals surface area contributed by atoms with Gasteiger partial charge in [0, 0.05) is 17.6 Å². The summed E-state index contributed by atoms with van der Waals surface area (Å²) in [5.41, 5.74) is 2.84. The van der Waals surface area contributed by atoms with E-state index in [-0.39, 0.29) is 5.82 Å².